The van der Waals surface area contributed by atoms with E-state index in [1.807, 2.05) is 0 Å². The molecule has 15 rings (SSSR count). The van der Waals surface area contributed by atoms with Gasteiger partial charge in [-0.15, -0.1) is 0 Å². The highest BCUT2D eigenvalue weighted by atomic mass is 14.9. The molecule has 596 valence electrons. The van der Waals surface area contributed by atoms with Gasteiger partial charge >= 0.3 is 0 Å². The topological polar surface area (TPSA) is 19.4 Å². The molecule has 0 unspecified atom stereocenters. The number of aromatic nitrogens is 5. The van der Waals surface area contributed by atoms with E-state index in [1.54, 1.807) is 0 Å². The molecular weight excluding hydrogens is 1400 g/mol. The van der Waals surface area contributed by atoms with Crippen molar-refractivity contribution in [1.82, 2.24) is 0 Å². The van der Waals surface area contributed by atoms with Gasteiger partial charge in [0, 0.05) is 50.1 Å². The number of fused-ring (bicyclic) bond motifs is 5. The molecule has 0 spiro atoms. The van der Waals surface area contributed by atoms with Crippen LogP contribution >= 0.6 is 0 Å². The summed E-state index contributed by atoms with van der Waals surface area (Å²) in [7, 11) is 10.8. The fraction of sp³-hybridized carbons (Fsp3) is 0.324. The second-order valence-corrected chi connectivity index (χ2v) is 35.7. The average molecular weight is 1540 g/mol. The van der Waals surface area contributed by atoms with E-state index >= 15 is 0 Å². The predicted molar refractivity (Wildman–Crippen MR) is 498 cm³/mol. The van der Waals surface area contributed by atoms with Gasteiger partial charge in [0.2, 0.25) is 28.5 Å². The first-order valence-electron chi connectivity index (χ1n) is 42.5. The van der Waals surface area contributed by atoms with Gasteiger partial charge < -0.3 is 0 Å². The van der Waals surface area contributed by atoms with Gasteiger partial charge in [-0.2, -0.15) is 0 Å². The van der Waals surface area contributed by atoms with Crippen LogP contribution in [0.15, 0.2) is 219 Å². The molecule has 10 aromatic carbocycles. The number of benzene rings is 10. The SMILES string of the molecule is Cc1cc(C)c(C)c(-c2c3ccc(C(C)C)cc3c(C)c[n+]2C)c1.Cc1ccc(C)c(-c2c3ccc(C(C)C)cc3c(C)c[n+]2C)c1.Cc1ccc(C)c(-c2c3ccc(CC(C)C)cc3c(C)c[n+]2C)c1.Cc1ccccc1-c1c2ccc(C(C)C)cc2c(C)c[n+]1C.Cc1ccccc1-c1c2ccc(CC(C)C)cc2c(C)c[n+]1C. The number of rotatable bonds is 12. The Bertz CT molecular complexity index is 6170. The lowest BCUT2D eigenvalue weighted by atomic mass is 9.92. The zero-order chi connectivity index (χ0) is 84.2. The summed E-state index contributed by atoms with van der Waals surface area (Å²) >= 11 is 0. The monoisotopic (exact) mass is 1540 g/mol. The molecule has 0 saturated heterocycles. The van der Waals surface area contributed by atoms with E-state index < -0.39 is 0 Å². The van der Waals surface area contributed by atoms with Crippen LogP contribution in [0, 0.1) is 109 Å². The first-order valence-corrected chi connectivity index (χ1v) is 42.5. The highest BCUT2D eigenvalue weighted by Crippen LogP contribution is 2.39. The molecule has 0 atom stereocenters. The number of hydrogen-bond donors (Lipinski definition) is 0. The normalized spacial score (nSPS) is 11.4. The van der Waals surface area contributed by atoms with Crippen LogP contribution in [0.25, 0.3) is 110 Å². The number of aryl methyl sites for hydroxylation is 18. The first kappa shape index (κ1) is 86.1. The van der Waals surface area contributed by atoms with Crippen molar-refractivity contribution in [2.45, 2.75) is 197 Å². The van der Waals surface area contributed by atoms with Crippen LogP contribution in [-0.4, -0.2) is 0 Å². The average Bonchev–Trinajstić information content (AvgIpc) is 0.871. The summed E-state index contributed by atoms with van der Waals surface area (Å²) < 4.78 is 11.4. The van der Waals surface area contributed by atoms with Crippen LogP contribution in [0.3, 0.4) is 0 Å². The molecule has 0 amide bonds. The van der Waals surface area contributed by atoms with Gasteiger partial charge in [0.25, 0.3) is 0 Å². The molecule has 5 heteroatoms. The zero-order valence-electron chi connectivity index (χ0n) is 75.8. The van der Waals surface area contributed by atoms with E-state index in [4.69, 9.17) is 0 Å². The standard InChI is InChI=1S/2C23H28N.2C22H26N.C21H24N/c1-14(2)19-8-9-20-21(12-19)17(5)13-24(7)23(20)22-11-15(3)10-16(4)18(22)6;1-15(2)11-19-9-10-20-21(13-19)18(5)14-24(6)23(20)22-12-16(3)7-8-17(22)4;1-14(2)18-9-10-19-20(12-18)17(5)13-23(6)22(19)21-11-15(3)7-8-16(21)4;1-15(2)12-18-10-11-20-21(13-18)17(4)14-23(5)22(20)19-9-7-6-8-16(19)3;1-14(2)17-10-11-19-20(12-17)16(4)13-22(5)21(19)18-9-7-6-8-15(18)3/h8-14H,1-7H3;7-10,12-15H,11H2,1-6H3;7-14H,1-6H3;6-11,13-15H,12H2,1-5H3;6-14H,1-5H3/q5*+1. The Kier molecular flexibility index (Phi) is 27.2. The lowest BCUT2D eigenvalue weighted by Gasteiger charge is -2.14. The summed E-state index contributed by atoms with van der Waals surface area (Å²) in [5.74, 6) is 3.02. The van der Waals surface area contributed by atoms with E-state index in [-0.39, 0.29) is 0 Å². The fourth-order valence-electron chi connectivity index (χ4n) is 17.5. The molecule has 5 aromatic heterocycles. The van der Waals surface area contributed by atoms with E-state index in [0.29, 0.717) is 29.6 Å². The number of pyridine rings is 5. The van der Waals surface area contributed by atoms with Gasteiger partial charge in [0.15, 0.2) is 31.0 Å². The summed E-state index contributed by atoms with van der Waals surface area (Å²) in [6, 6.07) is 70.1. The Morgan fingerprint density at radius 2 is 0.483 bits per heavy atom. The van der Waals surface area contributed by atoms with Crippen molar-refractivity contribution in [2.24, 2.45) is 47.1 Å². The van der Waals surface area contributed by atoms with Crippen LogP contribution in [0.2, 0.25) is 0 Å². The Balaban J connectivity index is 0.000000143. The van der Waals surface area contributed by atoms with Gasteiger partial charge in [0.1, 0.15) is 35.2 Å². The maximum atomic E-state index is 2.39. The molecule has 116 heavy (non-hydrogen) atoms. The van der Waals surface area contributed by atoms with Crippen LogP contribution in [0.4, 0.5) is 0 Å². The van der Waals surface area contributed by atoms with E-state index in [9.17, 15) is 0 Å². The Labute approximate surface area is 697 Å². The Hall–Kier alpha value is -10.8. The molecule has 0 aliphatic heterocycles. The van der Waals surface area contributed by atoms with Crippen molar-refractivity contribution in [3.05, 3.63) is 325 Å². The maximum absolute atomic E-state index is 2.39. The summed E-state index contributed by atoms with van der Waals surface area (Å²) in [5.41, 5.74) is 38.9. The largest absolute Gasteiger partial charge is 0.220 e. The van der Waals surface area contributed by atoms with Crippen molar-refractivity contribution in [1.29, 1.82) is 0 Å². The van der Waals surface area contributed by atoms with Gasteiger partial charge in [-0.1, -0.05) is 213 Å². The van der Waals surface area contributed by atoms with Crippen molar-refractivity contribution < 1.29 is 22.8 Å². The summed E-state index contributed by atoms with van der Waals surface area (Å²) in [6.07, 6.45) is 13.5. The third-order valence-electron chi connectivity index (χ3n) is 23.9. The molecule has 0 radical (unpaired) electrons. The molecule has 15 aromatic rings. The second kappa shape index (κ2) is 36.6. The molecule has 0 fully saturated rings. The highest BCUT2D eigenvalue weighted by molar-refractivity contribution is 6.00. The van der Waals surface area contributed by atoms with Crippen LogP contribution in [0.1, 0.15) is 193 Å². The minimum Gasteiger partial charge on any atom is -0.200 e. The third kappa shape index (κ3) is 19.0. The fourth-order valence-corrected chi connectivity index (χ4v) is 17.5. The maximum Gasteiger partial charge on any atom is 0.220 e. The second-order valence-electron chi connectivity index (χ2n) is 35.7. The number of nitrogens with zero attached hydrogens (tertiary/aromatic N) is 5. The minimum atomic E-state index is 0.550. The number of hydrogen-bond acceptors (Lipinski definition) is 0. The molecule has 0 N–H and O–H groups in total. The van der Waals surface area contributed by atoms with Crippen molar-refractivity contribution in [3.8, 4) is 56.3 Å². The summed E-state index contributed by atoms with van der Waals surface area (Å²) in [4.78, 5) is 0. The quantitative estimate of drug-likeness (QED) is 0.109. The Morgan fingerprint density at radius 3 is 0.784 bits per heavy atom. The van der Waals surface area contributed by atoms with Crippen LogP contribution in [-0.2, 0) is 48.1 Å². The van der Waals surface area contributed by atoms with Crippen LogP contribution < -0.4 is 22.8 Å². The highest BCUT2D eigenvalue weighted by Gasteiger charge is 2.26. The van der Waals surface area contributed by atoms with Gasteiger partial charge in [-0.3, -0.25) is 0 Å². The third-order valence-corrected chi connectivity index (χ3v) is 23.9. The van der Waals surface area contributed by atoms with Crippen molar-refractivity contribution in [3.63, 3.8) is 0 Å². The molecule has 5 heterocycles. The molecule has 0 aliphatic rings. The molecule has 0 saturated carbocycles. The predicted octanol–water partition coefficient (Wildman–Crippen LogP) is 26.7. The molecular formula is C111H132N5+5. The Morgan fingerprint density at radius 1 is 0.216 bits per heavy atom. The minimum absolute atomic E-state index is 0.550. The van der Waals surface area contributed by atoms with E-state index in [1.165, 1.54) is 216 Å². The molecule has 0 bridgehead atoms. The van der Waals surface area contributed by atoms with Gasteiger partial charge in [-0.25, -0.2) is 22.8 Å². The summed E-state index contributed by atoms with van der Waals surface area (Å²) in [5, 5.41) is 13.6. The van der Waals surface area contributed by atoms with E-state index in [2.05, 4.69) is 443 Å². The zero-order valence-corrected chi connectivity index (χ0v) is 75.8. The first-order chi connectivity index (χ1) is 55.0. The molecule has 0 aliphatic carbocycles. The lowest BCUT2D eigenvalue weighted by Crippen LogP contribution is -2.31. The lowest BCUT2D eigenvalue weighted by molar-refractivity contribution is -0.659. The van der Waals surface area contributed by atoms with Crippen molar-refractivity contribution in [2.75, 3.05) is 0 Å². The van der Waals surface area contributed by atoms with Crippen LogP contribution in [0.5, 0.6) is 0 Å². The molecule has 5 nitrogen and oxygen atoms in total. The summed E-state index contributed by atoms with van der Waals surface area (Å²) in [6.45, 7) is 53.4. The van der Waals surface area contributed by atoms with Crippen molar-refractivity contribution >= 4 is 53.9 Å². The van der Waals surface area contributed by atoms with Gasteiger partial charge in [0.05, 0.1) is 32.5 Å². The van der Waals surface area contributed by atoms with E-state index in [0.717, 1.165) is 12.8 Å². The smallest absolute Gasteiger partial charge is 0.200 e. The van der Waals surface area contributed by atoms with Gasteiger partial charge in [-0.05, 0) is 288 Å².